The van der Waals surface area contributed by atoms with Crippen LogP contribution in [0.2, 0.25) is 0 Å². The zero-order chi connectivity index (χ0) is 29.2. The van der Waals surface area contributed by atoms with E-state index in [0.717, 1.165) is 48.4 Å². The quantitative estimate of drug-likeness (QED) is 0.179. The van der Waals surface area contributed by atoms with Gasteiger partial charge in [0.15, 0.2) is 17.3 Å². The Morgan fingerprint density at radius 2 is 1.59 bits per heavy atom. The van der Waals surface area contributed by atoms with Gasteiger partial charge in [0.2, 0.25) is 5.75 Å². The molecule has 0 spiro atoms. The van der Waals surface area contributed by atoms with E-state index in [1.165, 1.54) is 22.5 Å². The summed E-state index contributed by atoms with van der Waals surface area (Å²) in [5.41, 5.74) is 5.30. The van der Waals surface area contributed by atoms with E-state index < -0.39 is 0 Å². The molecule has 0 unspecified atom stereocenters. The van der Waals surface area contributed by atoms with E-state index in [-0.39, 0.29) is 5.78 Å². The Kier molecular flexibility index (Phi) is 11.0. The lowest BCUT2D eigenvalue weighted by atomic mass is 10.0. The number of hydrogen-bond donors (Lipinski definition) is 0. The minimum absolute atomic E-state index is 0.109. The molecule has 3 aromatic rings. The molecule has 0 amide bonds. The summed E-state index contributed by atoms with van der Waals surface area (Å²) in [6.07, 6.45) is 3.60. The number of carbonyl (C=O) groups excluding carboxylic acids is 2. The second-order valence-electron chi connectivity index (χ2n) is 10.3. The van der Waals surface area contributed by atoms with Crippen LogP contribution in [0.5, 0.6) is 17.2 Å². The molecule has 4 rings (SSSR count). The number of ketones is 1. The molecule has 7 nitrogen and oxygen atoms in total. The molecule has 0 aliphatic carbocycles. The lowest BCUT2D eigenvalue weighted by Gasteiger charge is -2.36. The highest BCUT2D eigenvalue weighted by molar-refractivity contribution is 7.12. The monoisotopic (exact) mass is 576 g/mol. The highest BCUT2D eigenvalue weighted by atomic mass is 32.1. The molecule has 1 saturated heterocycles. The Morgan fingerprint density at radius 3 is 2.24 bits per heavy atom. The lowest BCUT2D eigenvalue weighted by Crippen LogP contribution is -2.45. The number of allylic oxidation sites excluding steroid dienone is 1. The van der Waals surface area contributed by atoms with Gasteiger partial charge in [-0.05, 0) is 54.8 Å². The number of nitrogens with zero attached hydrogens (tertiary/aromatic N) is 2. The van der Waals surface area contributed by atoms with Crippen LogP contribution in [0.15, 0.2) is 53.5 Å². The molecule has 0 N–H and O–H groups in total. The topological polar surface area (TPSA) is 68.3 Å². The first-order chi connectivity index (χ1) is 20.0. The highest BCUT2D eigenvalue weighted by Gasteiger charge is 2.23. The molecule has 0 saturated carbocycles. The van der Waals surface area contributed by atoms with Crippen LogP contribution in [-0.2, 0) is 24.2 Å². The number of thiophene rings is 1. The largest absolute Gasteiger partial charge is 0.493 e. The molecule has 1 fully saturated rings. The van der Waals surface area contributed by atoms with Crippen LogP contribution in [0.1, 0.15) is 51.2 Å². The van der Waals surface area contributed by atoms with Crippen molar-refractivity contribution in [2.24, 2.45) is 0 Å². The zero-order valence-electron chi connectivity index (χ0n) is 24.5. The van der Waals surface area contributed by atoms with Crippen LogP contribution in [0, 0.1) is 6.92 Å². The van der Waals surface area contributed by atoms with Crippen molar-refractivity contribution in [1.82, 2.24) is 9.80 Å². The van der Waals surface area contributed by atoms with Gasteiger partial charge in [0.05, 0.1) is 31.9 Å². The Bertz CT molecular complexity index is 1350. The van der Waals surface area contributed by atoms with Gasteiger partial charge in [-0.2, -0.15) is 0 Å². The van der Waals surface area contributed by atoms with Crippen molar-refractivity contribution in [3.63, 3.8) is 0 Å². The number of rotatable bonds is 14. The maximum atomic E-state index is 13.1. The van der Waals surface area contributed by atoms with Crippen LogP contribution < -0.4 is 14.2 Å². The molecule has 1 aliphatic heterocycles. The van der Waals surface area contributed by atoms with E-state index in [1.807, 2.05) is 17.5 Å². The molecular weight excluding hydrogens is 536 g/mol. The fourth-order valence-electron chi connectivity index (χ4n) is 5.34. The third-order valence-corrected chi connectivity index (χ3v) is 8.67. The average molecular weight is 577 g/mol. The lowest BCUT2D eigenvalue weighted by molar-refractivity contribution is 0.0979. The summed E-state index contributed by atoms with van der Waals surface area (Å²) < 4.78 is 16.6. The first-order valence-corrected chi connectivity index (χ1v) is 15.0. The zero-order valence-corrected chi connectivity index (χ0v) is 25.4. The van der Waals surface area contributed by atoms with Crippen molar-refractivity contribution >= 4 is 23.1 Å². The summed E-state index contributed by atoms with van der Waals surface area (Å²) in [6.45, 7) is 5.77. The molecular formula is C33H40N2O5S. The molecule has 218 valence electrons. The number of aryl methyl sites for hydroxylation is 3. The van der Waals surface area contributed by atoms with E-state index in [9.17, 15) is 9.59 Å². The third-order valence-electron chi connectivity index (χ3n) is 7.67. The van der Waals surface area contributed by atoms with Gasteiger partial charge in [0.1, 0.15) is 5.94 Å². The van der Waals surface area contributed by atoms with Gasteiger partial charge in [-0.1, -0.05) is 35.9 Å². The maximum absolute atomic E-state index is 13.1. The van der Waals surface area contributed by atoms with Crippen LogP contribution >= 0.6 is 11.3 Å². The second-order valence-corrected chi connectivity index (χ2v) is 11.3. The van der Waals surface area contributed by atoms with Gasteiger partial charge in [0, 0.05) is 51.1 Å². The SMILES string of the molecule is COc1ccc(CN2CCN(C(=C=O)CCC(=O)c3sccc3CCCc3ccc(C)cc3)CC2)c(OC)c1OC. The van der Waals surface area contributed by atoms with Crippen molar-refractivity contribution in [3.8, 4) is 17.2 Å². The van der Waals surface area contributed by atoms with E-state index in [4.69, 9.17) is 14.2 Å². The van der Waals surface area contributed by atoms with E-state index in [2.05, 4.69) is 53.0 Å². The van der Waals surface area contributed by atoms with Crippen LogP contribution in [-0.4, -0.2) is 69.0 Å². The molecule has 0 atom stereocenters. The highest BCUT2D eigenvalue weighted by Crippen LogP contribution is 2.40. The first-order valence-electron chi connectivity index (χ1n) is 14.1. The first kappa shape index (κ1) is 30.4. The number of methoxy groups -OCH3 is 3. The molecule has 2 aromatic carbocycles. The van der Waals surface area contributed by atoms with Crippen molar-refractivity contribution in [2.75, 3.05) is 47.5 Å². The average Bonchev–Trinajstić information content (AvgIpc) is 3.47. The summed E-state index contributed by atoms with van der Waals surface area (Å²) in [5, 5.41) is 2.00. The van der Waals surface area contributed by atoms with Crippen LogP contribution in [0.4, 0.5) is 0 Å². The van der Waals surface area contributed by atoms with Gasteiger partial charge < -0.3 is 19.1 Å². The number of hydrogen-bond acceptors (Lipinski definition) is 8. The van der Waals surface area contributed by atoms with Crippen LogP contribution in [0.3, 0.4) is 0 Å². The van der Waals surface area contributed by atoms with Gasteiger partial charge in [0.25, 0.3) is 0 Å². The fourth-order valence-corrected chi connectivity index (χ4v) is 6.26. The Balaban J connectivity index is 1.26. The van der Waals surface area contributed by atoms with Crippen molar-refractivity contribution in [3.05, 3.63) is 80.7 Å². The molecule has 1 aromatic heterocycles. The van der Waals surface area contributed by atoms with Crippen molar-refractivity contribution in [2.45, 2.75) is 45.6 Å². The predicted molar refractivity (Wildman–Crippen MR) is 163 cm³/mol. The minimum atomic E-state index is 0.109. The second kappa shape index (κ2) is 14.9. The fraction of sp³-hybridized carbons (Fsp3) is 0.424. The van der Waals surface area contributed by atoms with E-state index >= 15 is 0 Å². The van der Waals surface area contributed by atoms with Gasteiger partial charge >= 0.3 is 0 Å². The van der Waals surface area contributed by atoms with Crippen molar-refractivity contribution < 1.29 is 23.8 Å². The van der Waals surface area contributed by atoms with Gasteiger partial charge in [-0.15, -0.1) is 11.3 Å². The molecule has 0 bridgehead atoms. The number of Topliss-reactive ketones (excluding diaryl/α,β-unsaturated/α-hetero) is 1. The normalized spacial score (nSPS) is 13.5. The smallest absolute Gasteiger partial charge is 0.203 e. The van der Waals surface area contributed by atoms with E-state index in [1.54, 1.807) is 21.3 Å². The van der Waals surface area contributed by atoms with Crippen molar-refractivity contribution in [1.29, 1.82) is 0 Å². The van der Waals surface area contributed by atoms with Gasteiger partial charge in [-0.25, -0.2) is 4.79 Å². The molecule has 8 heteroatoms. The number of piperazine rings is 1. The van der Waals surface area contributed by atoms with E-state index in [0.29, 0.717) is 55.4 Å². The number of ether oxygens (including phenoxy) is 3. The third kappa shape index (κ3) is 7.79. The Labute approximate surface area is 247 Å². The molecule has 0 radical (unpaired) electrons. The summed E-state index contributed by atoms with van der Waals surface area (Å²) in [4.78, 5) is 30.2. The summed E-state index contributed by atoms with van der Waals surface area (Å²) in [5.74, 6) is 4.12. The summed E-state index contributed by atoms with van der Waals surface area (Å²) >= 11 is 1.51. The molecule has 2 heterocycles. The molecule has 1 aliphatic rings. The maximum Gasteiger partial charge on any atom is 0.203 e. The predicted octanol–water partition coefficient (Wildman–Crippen LogP) is 5.75. The minimum Gasteiger partial charge on any atom is -0.493 e. The number of benzene rings is 2. The van der Waals surface area contributed by atoms with Gasteiger partial charge in [-0.3, -0.25) is 9.69 Å². The molecule has 41 heavy (non-hydrogen) atoms. The number of carbonyl (C=O) groups is 1. The summed E-state index contributed by atoms with van der Waals surface area (Å²) in [6, 6.07) is 14.6. The Hall–Kier alpha value is -3.58. The van der Waals surface area contributed by atoms with Crippen LogP contribution in [0.25, 0.3) is 0 Å². The summed E-state index contributed by atoms with van der Waals surface area (Å²) in [7, 11) is 4.84. The standard InChI is InChI=1S/C33H40N2O5S/c1-24-8-10-25(11-9-24)6-5-7-26-16-21-41-33(26)29(37)14-13-28(23-36)35-19-17-34(18-20-35)22-27-12-15-30(38-2)32(40-4)31(27)39-3/h8-12,15-16,21H,5-7,13-14,17-20,22H2,1-4H3. The Morgan fingerprint density at radius 1 is 0.854 bits per heavy atom.